The zero-order valence-corrected chi connectivity index (χ0v) is 7.46. The summed E-state index contributed by atoms with van der Waals surface area (Å²) in [6.07, 6.45) is -4.32. The molecule has 0 bridgehead atoms. The van der Waals surface area contributed by atoms with Crippen molar-refractivity contribution in [3.63, 3.8) is 0 Å². The number of halogens is 3. The van der Waals surface area contributed by atoms with E-state index in [2.05, 4.69) is 10.1 Å². The summed E-state index contributed by atoms with van der Waals surface area (Å²) in [5.41, 5.74) is -1.84. The van der Waals surface area contributed by atoms with Gasteiger partial charge in [0.2, 0.25) is 0 Å². The van der Waals surface area contributed by atoms with Crippen molar-refractivity contribution in [3.05, 3.63) is 0 Å². The summed E-state index contributed by atoms with van der Waals surface area (Å²) < 4.78 is 41.5. The number of alkyl halides is 3. The van der Waals surface area contributed by atoms with Crippen molar-refractivity contribution in [2.75, 3.05) is 20.8 Å². The summed E-state index contributed by atoms with van der Waals surface area (Å²) >= 11 is 0. The molecule has 0 aromatic heterocycles. The van der Waals surface area contributed by atoms with Gasteiger partial charge in [-0.25, -0.2) is 0 Å². The molecular formula is C7H14F3NO. The van der Waals surface area contributed by atoms with E-state index >= 15 is 0 Å². The van der Waals surface area contributed by atoms with E-state index < -0.39 is 11.7 Å². The first-order valence-corrected chi connectivity index (χ1v) is 3.62. The van der Waals surface area contributed by atoms with Gasteiger partial charge in [0.05, 0.1) is 0 Å². The maximum absolute atomic E-state index is 12.3. The summed E-state index contributed by atoms with van der Waals surface area (Å²) in [5, 5.41) is 2.25. The maximum atomic E-state index is 12.3. The van der Waals surface area contributed by atoms with Crippen LogP contribution in [0.4, 0.5) is 13.2 Å². The van der Waals surface area contributed by atoms with Crippen LogP contribution in [0.3, 0.4) is 0 Å². The van der Waals surface area contributed by atoms with Crippen LogP contribution >= 0.6 is 0 Å². The lowest BCUT2D eigenvalue weighted by molar-refractivity contribution is -0.194. The van der Waals surface area contributed by atoms with Gasteiger partial charge in [0, 0.05) is 13.7 Å². The molecule has 0 rings (SSSR count). The summed E-state index contributed by atoms with van der Waals surface area (Å²) in [5.74, 6) is 0. The number of hydrogen-bond donors (Lipinski definition) is 1. The van der Waals surface area contributed by atoms with Crippen molar-refractivity contribution in [3.8, 4) is 0 Å². The molecule has 0 spiro atoms. The smallest absolute Gasteiger partial charge is 0.385 e. The van der Waals surface area contributed by atoms with Crippen LogP contribution in [0.2, 0.25) is 0 Å². The second kappa shape index (κ2) is 4.09. The predicted octanol–water partition coefficient (Wildman–Crippen LogP) is 1.56. The minimum atomic E-state index is -4.24. The van der Waals surface area contributed by atoms with E-state index in [1.165, 1.54) is 14.2 Å². The fourth-order valence-corrected chi connectivity index (χ4v) is 0.715. The van der Waals surface area contributed by atoms with Gasteiger partial charge in [0.25, 0.3) is 0 Å². The third-order valence-corrected chi connectivity index (χ3v) is 1.98. The van der Waals surface area contributed by atoms with Gasteiger partial charge < -0.3 is 10.1 Å². The average Bonchev–Trinajstić information content (AvgIpc) is 1.98. The first-order valence-electron chi connectivity index (χ1n) is 3.62. The zero-order chi connectivity index (χ0) is 9.83. The third kappa shape index (κ3) is 2.64. The van der Waals surface area contributed by atoms with E-state index in [9.17, 15) is 13.2 Å². The van der Waals surface area contributed by atoms with Gasteiger partial charge in [-0.3, -0.25) is 0 Å². The van der Waals surface area contributed by atoms with Crippen molar-refractivity contribution in [2.45, 2.75) is 25.1 Å². The van der Waals surface area contributed by atoms with Crippen molar-refractivity contribution in [1.82, 2.24) is 5.32 Å². The molecule has 0 saturated heterocycles. The van der Waals surface area contributed by atoms with Gasteiger partial charge >= 0.3 is 6.18 Å². The molecule has 1 N–H and O–H groups in total. The third-order valence-electron chi connectivity index (χ3n) is 1.98. The van der Waals surface area contributed by atoms with Crippen LogP contribution in [0.15, 0.2) is 0 Å². The molecule has 0 heterocycles. The summed E-state index contributed by atoms with van der Waals surface area (Å²) in [4.78, 5) is 0. The Morgan fingerprint density at radius 2 is 1.83 bits per heavy atom. The van der Waals surface area contributed by atoms with Crippen molar-refractivity contribution in [1.29, 1.82) is 0 Å². The van der Waals surface area contributed by atoms with Gasteiger partial charge in [-0.1, -0.05) is 0 Å². The molecule has 0 aliphatic rings. The predicted molar refractivity (Wildman–Crippen MR) is 40.0 cm³/mol. The Labute approximate surface area is 70.1 Å². The molecule has 0 aliphatic heterocycles. The number of rotatable bonds is 4. The van der Waals surface area contributed by atoms with E-state index in [-0.39, 0.29) is 13.0 Å². The van der Waals surface area contributed by atoms with Crippen molar-refractivity contribution in [2.24, 2.45) is 0 Å². The van der Waals surface area contributed by atoms with Crippen LogP contribution in [-0.4, -0.2) is 32.5 Å². The van der Waals surface area contributed by atoms with Crippen LogP contribution in [0, 0.1) is 0 Å². The van der Waals surface area contributed by atoms with Gasteiger partial charge in [-0.15, -0.1) is 0 Å². The van der Waals surface area contributed by atoms with E-state index in [0.29, 0.717) is 0 Å². The van der Waals surface area contributed by atoms with Crippen molar-refractivity contribution < 1.29 is 17.9 Å². The van der Waals surface area contributed by atoms with Crippen molar-refractivity contribution >= 4 is 0 Å². The zero-order valence-electron chi connectivity index (χ0n) is 7.46. The lowest BCUT2D eigenvalue weighted by Gasteiger charge is -2.31. The highest BCUT2D eigenvalue weighted by Gasteiger charge is 2.49. The summed E-state index contributed by atoms with van der Waals surface area (Å²) in [6, 6.07) is 0. The minimum Gasteiger partial charge on any atom is -0.385 e. The Kier molecular flexibility index (Phi) is 3.99. The van der Waals surface area contributed by atoms with Gasteiger partial charge in [-0.2, -0.15) is 13.2 Å². The van der Waals surface area contributed by atoms with Crippen LogP contribution in [0.25, 0.3) is 0 Å². The van der Waals surface area contributed by atoms with E-state index in [1.54, 1.807) is 0 Å². The van der Waals surface area contributed by atoms with Gasteiger partial charge in [0.15, 0.2) is 0 Å². The summed E-state index contributed by atoms with van der Waals surface area (Å²) in [6.45, 7) is 1.21. The van der Waals surface area contributed by atoms with E-state index in [4.69, 9.17) is 0 Å². The number of hydrogen-bond acceptors (Lipinski definition) is 2. The number of methoxy groups -OCH3 is 1. The van der Waals surface area contributed by atoms with E-state index in [0.717, 1.165) is 6.92 Å². The lowest BCUT2D eigenvalue weighted by atomic mass is 9.98. The molecule has 0 fully saturated rings. The molecule has 0 aliphatic carbocycles. The highest BCUT2D eigenvalue weighted by atomic mass is 19.4. The molecule has 74 valence electrons. The molecule has 0 aromatic carbocycles. The molecule has 0 aromatic rings. The second-order valence-electron chi connectivity index (χ2n) is 2.82. The Morgan fingerprint density at radius 3 is 2.08 bits per heavy atom. The van der Waals surface area contributed by atoms with Crippen LogP contribution < -0.4 is 5.32 Å². The highest BCUT2D eigenvalue weighted by molar-refractivity contribution is 4.89. The molecular weight excluding hydrogens is 171 g/mol. The molecule has 1 atom stereocenters. The normalized spacial score (nSPS) is 17.5. The standard InChI is InChI=1S/C7H14F3NO/c1-6(11-2,4-5-12-3)7(8,9)10/h11H,4-5H2,1-3H3. The van der Waals surface area contributed by atoms with Crippen LogP contribution in [0.5, 0.6) is 0 Å². The molecule has 1 unspecified atom stereocenters. The first kappa shape index (κ1) is 11.7. The molecule has 5 heteroatoms. The van der Waals surface area contributed by atoms with E-state index in [1.807, 2.05) is 0 Å². The highest BCUT2D eigenvalue weighted by Crippen LogP contribution is 2.32. The van der Waals surface area contributed by atoms with Gasteiger partial charge in [-0.05, 0) is 20.4 Å². The topological polar surface area (TPSA) is 21.3 Å². The quantitative estimate of drug-likeness (QED) is 0.717. The first-order chi connectivity index (χ1) is 5.37. The Morgan fingerprint density at radius 1 is 1.33 bits per heavy atom. The fourth-order valence-electron chi connectivity index (χ4n) is 0.715. The Hall–Kier alpha value is -0.290. The minimum absolute atomic E-state index is 0.0799. The lowest BCUT2D eigenvalue weighted by Crippen LogP contribution is -2.53. The molecule has 0 saturated carbocycles. The molecule has 0 amide bonds. The Bertz CT molecular complexity index is 137. The van der Waals surface area contributed by atoms with Crippen LogP contribution in [-0.2, 0) is 4.74 Å². The Balaban J connectivity index is 4.24. The second-order valence-corrected chi connectivity index (χ2v) is 2.82. The number of ether oxygens (including phenoxy) is 1. The fraction of sp³-hybridized carbons (Fsp3) is 1.00. The summed E-state index contributed by atoms with van der Waals surface area (Å²) in [7, 11) is 2.68. The molecule has 0 radical (unpaired) electrons. The largest absolute Gasteiger partial charge is 0.406 e. The number of nitrogens with one attached hydrogen (secondary N) is 1. The average molecular weight is 185 g/mol. The van der Waals surface area contributed by atoms with Crippen LogP contribution in [0.1, 0.15) is 13.3 Å². The molecule has 12 heavy (non-hydrogen) atoms. The molecule has 2 nitrogen and oxygen atoms in total. The van der Waals surface area contributed by atoms with Gasteiger partial charge in [0.1, 0.15) is 5.54 Å². The monoisotopic (exact) mass is 185 g/mol. The maximum Gasteiger partial charge on any atom is 0.406 e. The SMILES string of the molecule is CNC(C)(CCOC)C(F)(F)F.